The molecule has 2 heterocycles. The van der Waals surface area contributed by atoms with Crippen molar-refractivity contribution in [2.24, 2.45) is 11.3 Å². The molecule has 1 aliphatic carbocycles. The quantitative estimate of drug-likeness (QED) is 0.378. The van der Waals surface area contributed by atoms with Crippen LogP contribution in [0, 0.1) is 11.3 Å². The van der Waals surface area contributed by atoms with Gasteiger partial charge in [-0.25, -0.2) is 0 Å². The van der Waals surface area contributed by atoms with Gasteiger partial charge in [0.25, 0.3) is 0 Å². The van der Waals surface area contributed by atoms with E-state index in [0.717, 1.165) is 51.5 Å². The van der Waals surface area contributed by atoms with E-state index in [2.05, 4.69) is 29.4 Å². The van der Waals surface area contributed by atoms with Gasteiger partial charge in [0.15, 0.2) is 0 Å². The molecule has 42 heavy (non-hydrogen) atoms. The van der Waals surface area contributed by atoms with E-state index in [0.29, 0.717) is 18.5 Å². The lowest BCUT2D eigenvalue weighted by Crippen LogP contribution is -2.60. The number of carbonyl (C=O) groups excluding carboxylic acids is 4. The minimum Gasteiger partial charge on any atom is -0.352 e. The third-order valence-electron chi connectivity index (χ3n) is 9.41. The minimum atomic E-state index is -0.713. The van der Waals surface area contributed by atoms with Gasteiger partial charge in [-0.15, -0.1) is 0 Å². The fourth-order valence-electron chi connectivity index (χ4n) is 6.53. The van der Waals surface area contributed by atoms with Crippen molar-refractivity contribution in [1.29, 1.82) is 0 Å². The van der Waals surface area contributed by atoms with Gasteiger partial charge in [-0.3, -0.25) is 24.1 Å². The highest BCUT2D eigenvalue weighted by Crippen LogP contribution is 2.27. The average Bonchev–Trinajstić information content (AvgIpc) is 3.40. The van der Waals surface area contributed by atoms with E-state index >= 15 is 0 Å². The van der Waals surface area contributed by atoms with Crippen molar-refractivity contribution in [3.8, 4) is 0 Å². The Bertz CT molecular complexity index is 1010. The molecule has 4 atom stereocenters. The summed E-state index contributed by atoms with van der Waals surface area (Å²) in [6.45, 7) is 17.4. The molecule has 0 spiro atoms. The lowest BCUT2D eigenvalue weighted by Gasteiger charge is -2.41. The summed E-state index contributed by atoms with van der Waals surface area (Å²) in [6.07, 6.45) is 9.37. The van der Waals surface area contributed by atoms with Crippen LogP contribution in [0.3, 0.4) is 0 Å². The van der Waals surface area contributed by atoms with Gasteiger partial charge in [0.1, 0.15) is 12.1 Å². The summed E-state index contributed by atoms with van der Waals surface area (Å²) in [4.78, 5) is 59.8. The van der Waals surface area contributed by atoms with Crippen LogP contribution in [-0.4, -0.2) is 94.7 Å². The maximum atomic E-state index is 14.1. The first kappa shape index (κ1) is 34.1. The summed E-state index contributed by atoms with van der Waals surface area (Å²) in [6, 6.07) is -1.26. The van der Waals surface area contributed by atoms with Gasteiger partial charge in [-0.05, 0) is 83.6 Å². The van der Waals surface area contributed by atoms with Crippen LogP contribution in [0.4, 0.5) is 0 Å². The predicted octanol–water partition coefficient (Wildman–Crippen LogP) is 3.87. The summed E-state index contributed by atoms with van der Waals surface area (Å²) in [5, 5.41) is 6.24. The number of rotatable bonds is 10. The normalized spacial score (nSPS) is 23.9. The molecular formula is C33H57N5O4. The Morgan fingerprint density at radius 3 is 2.05 bits per heavy atom. The summed E-state index contributed by atoms with van der Waals surface area (Å²) in [5.74, 6) is -0.433. The van der Waals surface area contributed by atoms with Crippen LogP contribution in [0.1, 0.15) is 107 Å². The van der Waals surface area contributed by atoms with Crippen LogP contribution in [0.2, 0.25) is 0 Å². The molecule has 0 bridgehead atoms. The summed E-state index contributed by atoms with van der Waals surface area (Å²) < 4.78 is 0. The first-order valence-corrected chi connectivity index (χ1v) is 16.3. The molecule has 3 aliphatic rings. The zero-order valence-corrected chi connectivity index (χ0v) is 27.7. The molecule has 2 N–H and O–H groups in total. The lowest BCUT2D eigenvalue weighted by molar-refractivity contribution is -0.142. The highest BCUT2D eigenvalue weighted by atomic mass is 16.2. The van der Waals surface area contributed by atoms with Gasteiger partial charge >= 0.3 is 0 Å². The smallest absolute Gasteiger partial charge is 0.249 e. The van der Waals surface area contributed by atoms with Crippen molar-refractivity contribution in [3.63, 3.8) is 0 Å². The first-order chi connectivity index (χ1) is 19.6. The number of nitrogens with zero attached hydrogens (tertiary/aromatic N) is 3. The van der Waals surface area contributed by atoms with E-state index in [1.54, 1.807) is 23.8 Å². The van der Waals surface area contributed by atoms with E-state index in [9.17, 15) is 19.2 Å². The van der Waals surface area contributed by atoms with Crippen molar-refractivity contribution in [3.05, 3.63) is 11.6 Å². The fourth-order valence-corrected chi connectivity index (χ4v) is 6.53. The van der Waals surface area contributed by atoms with E-state index in [1.165, 1.54) is 0 Å². The average molecular weight is 588 g/mol. The highest BCUT2D eigenvalue weighted by molar-refractivity contribution is 5.97. The number of piperidine rings is 1. The Hall–Kier alpha value is -2.42. The van der Waals surface area contributed by atoms with Crippen molar-refractivity contribution in [2.75, 3.05) is 20.1 Å². The van der Waals surface area contributed by atoms with E-state index in [4.69, 9.17) is 0 Å². The number of nitrogens with one attached hydrogen (secondary N) is 2. The molecule has 9 nitrogen and oxygen atoms in total. The summed E-state index contributed by atoms with van der Waals surface area (Å²) in [7, 11) is 1.76. The van der Waals surface area contributed by atoms with E-state index < -0.39 is 17.5 Å². The molecule has 0 aromatic carbocycles. The van der Waals surface area contributed by atoms with Crippen LogP contribution in [0.5, 0.6) is 0 Å². The molecule has 3 fully saturated rings. The molecule has 1 saturated carbocycles. The summed E-state index contributed by atoms with van der Waals surface area (Å²) in [5.41, 5.74) is 0.0215. The summed E-state index contributed by atoms with van der Waals surface area (Å²) >= 11 is 0. The van der Waals surface area contributed by atoms with Crippen LogP contribution in [-0.2, 0) is 19.2 Å². The second kappa shape index (κ2) is 14.4. The maximum Gasteiger partial charge on any atom is 0.249 e. The van der Waals surface area contributed by atoms with Crippen molar-refractivity contribution >= 4 is 23.6 Å². The van der Waals surface area contributed by atoms with Crippen molar-refractivity contribution in [2.45, 2.75) is 143 Å². The molecule has 3 rings (SSSR count). The van der Waals surface area contributed by atoms with Crippen LogP contribution in [0.15, 0.2) is 11.6 Å². The van der Waals surface area contributed by atoms with E-state index in [1.807, 2.05) is 40.7 Å². The minimum absolute atomic E-state index is 0.0316. The molecule has 2 aliphatic heterocycles. The Morgan fingerprint density at radius 2 is 1.50 bits per heavy atom. The van der Waals surface area contributed by atoms with Crippen molar-refractivity contribution < 1.29 is 19.2 Å². The van der Waals surface area contributed by atoms with Gasteiger partial charge < -0.3 is 20.4 Å². The molecule has 238 valence electrons. The Balaban J connectivity index is 1.76. The van der Waals surface area contributed by atoms with Crippen LogP contribution < -0.4 is 10.6 Å². The predicted molar refractivity (Wildman–Crippen MR) is 167 cm³/mol. The second-order valence-corrected chi connectivity index (χ2v) is 14.5. The molecule has 0 aromatic heterocycles. The molecule has 0 aromatic rings. The second-order valence-electron chi connectivity index (χ2n) is 14.5. The van der Waals surface area contributed by atoms with Crippen LogP contribution >= 0.6 is 0 Å². The molecule has 0 radical (unpaired) electrons. The standard InChI is InChI=1S/C33H57N5O4/c1-21(2)27(20-23(5)31(41)38-19-13-17-26(38)29(39)34-24-14-12-15-24)36(9)32(42)28(33(6,7)8)35-30(40)25-16-10-11-18-37(25)22(3)4/h20-22,24-28H,10-19H2,1-9H3,(H,34,39)(H,35,40)/t25?,26-,27+,28+/m0/s1. The Kier molecular flexibility index (Phi) is 11.7. The fraction of sp³-hybridized carbons (Fsp3) is 0.818. The van der Waals surface area contributed by atoms with Crippen LogP contribution in [0.25, 0.3) is 0 Å². The third kappa shape index (κ3) is 8.14. The molecule has 1 unspecified atom stereocenters. The van der Waals surface area contributed by atoms with Gasteiger partial charge in [-0.2, -0.15) is 0 Å². The zero-order valence-electron chi connectivity index (χ0n) is 27.7. The Labute approximate surface area is 254 Å². The highest BCUT2D eigenvalue weighted by Gasteiger charge is 2.40. The zero-order chi connectivity index (χ0) is 31.4. The van der Waals surface area contributed by atoms with Gasteiger partial charge in [0.2, 0.25) is 23.6 Å². The molecule has 9 heteroatoms. The number of hydrogen-bond donors (Lipinski definition) is 2. The van der Waals surface area contributed by atoms with E-state index in [-0.39, 0.29) is 53.7 Å². The van der Waals surface area contributed by atoms with Gasteiger partial charge in [0, 0.05) is 31.2 Å². The third-order valence-corrected chi connectivity index (χ3v) is 9.41. The lowest BCUT2D eigenvalue weighted by atomic mass is 9.84. The van der Waals surface area contributed by atoms with Gasteiger partial charge in [-0.1, -0.05) is 47.1 Å². The molecule has 2 saturated heterocycles. The number of carbonyl (C=O) groups is 4. The Morgan fingerprint density at radius 1 is 0.857 bits per heavy atom. The molecule has 4 amide bonds. The molecular weight excluding hydrogens is 530 g/mol. The number of likely N-dealkylation sites (N-methyl/N-ethyl adjacent to an activating group) is 1. The SMILES string of the molecule is CC(=C[C@H](C(C)C)N(C)C(=O)[C@@H](NC(=O)C1CCCCN1C(C)C)C(C)(C)C)C(=O)N1CCC[C@H]1C(=O)NC1CCC1. The number of hydrogen-bond acceptors (Lipinski definition) is 5. The van der Waals surface area contributed by atoms with Crippen molar-refractivity contribution in [1.82, 2.24) is 25.3 Å². The first-order valence-electron chi connectivity index (χ1n) is 16.3. The number of likely N-dealkylation sites (tertiary alicyclic amines) is 2. The topological polar surface area (TPSA) is 102 Å². The maximum absolute atomic E-state index is 14.1. The largest absolute Gasteiger partial charge is 0.352 e. The monoisotopic (exact) mass is 587 g/mol. The van der Waals surface area contributed by atoms with Gasteiger partial charge in [0.05, 0.1) is 12.1 Å². The number of amides is 4.